The van der Waals surface area contributed by atoms with Crippen molar-refractivity contribution in [2.45, 2.75) is 31.0 Å². The summed E-state index contributed by atoms with van der Waals surface area (Å²) in [6.07, 6.45) is 1.53. The molecule has 0 amide bonds. The van der Waals surface area contributed by atoms with Crippen LogP contribution in [0.4, 0.5) is 0 Å². The smallest absolute Gasteiger partial charge is 0.331 e. The maximum Gasteiger partial charge on any atom is 0.331 e. The number of aliphatic hydroxyl groups is 1. The average molecular weight is 276 g/mol. The molecule has 1 saturated heterocycles. The van der Waals surface area contributed by atoms with Gasteiger partial charge in [-0.25, -0.2) is 4.79 Å². The lowest BCUT2D eigenvalue weighted by molar-refractivity contribution is -0.260. The van der Waals surface area contributed by atoms with Crippen molar-refractivity contribution in [2.75, 3.05) is 6.61 Å². The standard InChI is InChI=1S/C15H16O5/c16-12-9-18-15(10-4-2-1-3-5-10)20-13(12)8-11-6-7-14(17)19-11/h1-7,11-13,15-16H,8-9H2/t11-,12+,13-,15+/m0/s1. The van der Waals surface area contributed by atoms with E-state index in [9.17, 15) is 9.90 Å². The van der Waals surface area contributed by atoms with E-state index < -0.39 is 18.5 Å². The second-order valence-electron chi connectivity index (χ2n) is 4.89. The molecule has 3 rings (SSSR count). The molecular formula is C15H16O5. The van der Waals surface area contributed by atoms with Crippen LogP contribution >= 0.6 is 0 Å². The molecule has 0 aromatic heterocycles. The summed E-state index contributed by atoms with van der Waals surface area (Å²) in [7, 11) is 0. The zero-order valence-corrected chi connectivity index (χ0v) is 10.8. The number of carbonyl (C=O) groups is 1. The lowest BCUT2D eigenvalue weighted by atomic mass is 10.1. The third-order valence-electron chi connectivity index (χ3n) is 3.40. The SMILES string of the molecule is O=C1C=C[C@@H](C[C@@H]2O[C@H](c3ccccc3)OC[C@H]2O)O1. The molecule has 2 aliphatic rings. The Labute approximate surface area is 116 Å². The third-order valence-corrected chi connectivity index (χ3v) is 3.40. The Balaban J connectivity index is 1.64. The Hall–Kier alpha value is -1.69. The average Bonchev–Trinajstić information content (AvgIpc) is 2.88. The van der Waals surface area contributed by atoms with Crippen LogP contribution in [0.5, 0.6) is 0 Å². The summed E-state index contributed by atoms with van der Waals surface area (Å²) < 4.78 is 16.3. The van der Waals surface area contributed by atoms with Crippen molar-refractivity contribution >= 4 is 5.97 Å². The van der Waals surface area contributed by atoms with Gasteiger partial charge in [-0.3, -0.25) is 0 Å². The second kappa shape index (κ2) is 5.75. The zero-order chi connectivity index (χ0) is 13.9. The van der Waals surface area contributed by atoms with Crippen LogP contribution in [0.3, 0.4) is 0 Å². The van der Waals surface area contributed by atoms with E-state index in [0.29, 0.717) is 6.42 Å². The number of ether oxygens (including phenoxy) is 3. The molecule has 0 aliphatic carbocycles. The Morgan fingerprint density at radius 3 is 2.75 bits per heavy atom. The number of benzene rings is 1. The van der Waals surface area contributed by atoms with E-state index in [0.717, 1.165) is 5.56 Å². The summed E-state index contributed by atoms with van der Waals surface area (Å²) in [6, 6.07) is 9.55. The maximum atomic E-state index is 11.0. The molecule has 4 atom stereocenters. The summed E-state index contributed by atoms with van der Waals surface area (Å²) in [4.78, 5) is 11.0. The first kappa shape index (κ1) is 13.3. The van der Waals surface area contributed by atoms with Gasteiger partial charge < -0.3 is 19.3 Å². The highest BCUT2D eigenvalue weighted by atomic mass is 16.7. The molecule has 106 valence electrons. The van der Waals surface area contributed by atoms with Crippen LogP contribution in [0.15, 0.2) is 42.5 Å². The molecule has 20 heavy (non-hydrogen) atoms. The van der Waals surface area contributed by atoms with E-state index in [1.54, 1.807) is 6.08 Å². The van der Waals surface area contributed by atoms with Crippen LogP contribution in [0.1, 0.15) is 18.3 Å². The number of esters is 1. The molecule has 5 nitrogen and oxygen atoms in total. The molecule has 1 aromatic carbocycles. The highest BCUT2D eigenvalue weighted by Gasteiger charge is 2.34. The van der Waals surface area contributed by atoms with Crippen LogP contribution < -0.4 is 0 Å². The topological polar surface area (TPSA) is 65.0 Å². The summed E-state index contributed by atoms with van der Waals surface area (Å²) >= 11 is 0. The number of cyclic esters (lactones) is 1. The fourth-order valence-corrected chi connectivity index (χ4v) is 2.35. The van der Waals surface area contributed by atoms with Crippen LogP contribution in [-0.2, 0) is 19.0 Å². The third kappa shape index (κ3) is 2.90. The monoisotopic (exact) mass is 276 g/mol. The molecule has 5 heteroatoms. The Kier molecular flexibility index (Phi) is 3.82. The molecule has 0 spiro atoms. The lowest BCUT2D eigenvalue weighted by Gasteiger charge is -2.34. The molecule has 2 heterocycles. The molecule has 1 fully saturated rings. The van der Waals surface area contributed by atoms with E-state index in [4.69, 9.17) is 14.2 Å². The quantitative estimate of drug-likeness (QED) is 0.844. The number of hydrogen-bond acceptors (Lipinski definition) is 5. The largest absolute Gasteiger partial charge is 0.455 e. The van der Waals surface area contributed by atoms with Crippen molar-refractivity contribution in [3.8, 4) is 0 Å². The van der Waals surface area contributed by atoms with Gasteiger partial charge in [-0.2, -0.15) is 0 Å². The Morgan fingerprint density at radius 1 is 1.25 bits per heavy atom. The van der Waals surface area contributed by atoms with Crippen molar-refractivity contribution in [2.24, 2.45) is 0 Å². The minimum absolute atomic E-state index is 0.203. The normalized spacial score (nSPS) is 33.1. The highest BCUT2D eigenvalue weighted by molar-refractivity contribution is 5.84. The number of aliphatic hydroxyl groups excluding tert-OH is 1. The van der Waals surface area contributed by atoms with E-state index >= 15 is 0 Å². The molecule has 0 radical (unpaired) electrons. The Morgan fingerprint density at radius 2 is 2.05 bits per heavy atom. The van der Waals surface area contributed by atoms with Gasteiger partial charge in [0.25, 0.3) is 0 Å². The van der Waals surface area contributed by atoms with Gasteiger partial charge in [-0.15, -0.1) is 0 Å². The van der Waals surface area contributed by atoms with Gasteiger partial charge in [0, 0.05) is 18.1 Å². The first-order valence-electron chi connectivity index (χ1n) is 6.61. The summed E-state index contributed by atoms with van der Waals surface area (Å²) in [5.41, 5.74) is 0.906. The van der Waals surface area contributed by atoms with Gasteiger partial charge in [0.15, 0.2) is 6.29 Å². The van der Waals surface area contributed by atoms with Crippen molar-refractivity contribution in [1.82, 2.24) is 0 Å². The fraction of sp³-hybridized carbons (Fsp3) is 0.400. The maximum absolute atomic E-state index is 11.0. The predicted octanol–water partition coefficient (Wildman–Crippen LogP) is 1.33. The summed E-state index contributed by atoms with van der Waals surface area (Å²) in [5, 5.41) is 9.95. The first-order valence-corrected chi connectivity index (χ1v) is 6.61. The van der Waals surface area contributed by atoms with Crippen molar-refractivity contribution in [3.05, 3.63) is 48.0 Å². The minimum Gasteiger partial charge on any atom is -0.455 e. The zero-order valence-electron chi connectivity index (χ0n) is 10.8. The molecule has 1 aromatic rings. The van der Waals surface area contributed by atoms with Gasteiger partial charge in [0.1, 0.15) is 12.2 Å². The second-order valence-corrected chi connectivity index (χ2v) is 4.89. The number of hydrogen-bond donors (Lipinski definition) is 1. The summed E-state index contributed by atoms with van der Waals surface area (Å²) in [6.45, 7) is 0.203. The minimum atomic E-state index is -0.720. The predicted molar refractivity (Wildman–Crippen MR) is 69.7 cm³/mol. The van der Waals surface area contributed by atoms with Gasteiger partial charge in [0.2, 0.25) is 0 Å². The van der Waals surface area contributed by atoms with Crippen LogP contribution in [-0.4, -0.2) is 36.0 Å². The number of carbonyl (C=O) groups excluding carboxylic acids is 1. The van der Waals surface area contributed by atoms with E-state index in [1.807, 2.05) is 30.3 Å². The van der Waals surface area contributed by atoms with Gasteiger partial charge >= 0.3 is 5.97 Å². The molecule has 0 saturated carbocycles. The molecule has 2 aliphatic heterocycles. The van der Waals surface area contributed by atoms with Crippen LogP contribution in [0.25, 0.3) is 0 Å². The fourth-order valence-electron chi connectivity index (χ4n) is 2.35. The first-order chi connectivity index (χ1) is 9.72. The van der Waals surface area contributed by atoms with Crippen LogP contribution in [0, 0.1) is 0 Å². The summed E-state index contributed by atoms with van der Waals surface area (Å²) in [5.74, 6) is -0.351. The van der Waals surface area contributed by atoms with Gasteiger partial charge in [-0.05, 0) is 6.08 Å². The van der Waals surface area contributed by atoms with E-state index in [2.05, 4.69) is 0 Å². The Bertz CT molecular complexity index is 498. The van der Waals surface area contributed by atoms with E-state index in [-0.39, 0.29) is 18.7 Å². The van der Waals surface area contributed by atoms with E-state index in [1.165, 1.54) is 6.08 Å². The highest BCUT2D eigenvalue weighted by Crippen LogP contribution is 2.29. The number of rotatable bonds is 3. The van der Waals surface area contributed by atoms with Gasteiger partial charge in [-0.1, -0.05) is 30.3 Å². The molecule has 0 bridgehead atoms. The van der Waals surface area contributed by atoms with Crippen molar-refractivity contribution in [1.29, 1.82) is 0 Å². The molecule has 0 unspecified atom stereocenters. The van der Waals surface area contributed by atoms with Crippen LogP contribution in [0.2, 0.25) is 0 Å². The van der Waals surface area contributed by atoms with Gasteiger partial charge in [0.05, 0.1) is 12.7 Å². The van der Waals surface area contributed by atoms with Crippen molar-refractivity contribution in [3.63, 3.8) is 0 Å². The van der Waals surface area contributed by atoms with Crippen molar-refractivity contribution < 1.29 is 24.1 Å². The molecule has 1 N–H and O–H groups in total. The lowest BCUT2D eigenvalue weighted by Crippen LogP contribution is -2.42. The molecular weight excluding hydrogens is 260 g/mol.